The molecule has 67 heavy (non-hydrogen) atoms. The molecule has 8 N–H and O–H groups in total. The number of nitrogen functional groups attached to an aromatic ring is 1. The van der Waals surface area contributed by atoms with Gasteiger partial charge in [0.05, 0.1) is 26.6 Å². The number of non-ortho nitro benzene ring substituents is 1. The van der Waals surface area contributed by atoms with E-state index >= 15 is 0 Å². The van der Waals surface area contributed by atoms with Crippen molar-refractivity contribution < 1.29 is 89.2 Å². The SMILES string of the molecule is Nc1c(N=Nc2ccc3cc(S(=O)(=O)O)c(N=Nc4ccc(S(=O)(=O)O)cc4OC=O)c(O)c3c2)c(S(=O)(=O)O)cc2ccc(N=Nc3ccc([N+](=O)[O-])cc3S(=O)(=O)O)c(O)c12.O=S(=O)=O. The number of rotatable bonds is 13. The number of fused-ring (bicyclic) bond motifs is 2. The molecular weight excluding hydrogens is 1000 g/mol. The summed E-state index contributed by atoms with van der Waals surface area (Å²) in [5, 5.41) is 55.2. The third kappa shape index (κ3) is 11.5. The molecule has 0 aliphatic carbocycles. The highest BCUT2D eigenvalue weighted by Gasteiger charge is 2.26. The first-order valence-electron chi connectivity index (χ1n) is 16.9. The second-order valence-corrected chi connectivity index (χ2v) is 18.6. The van der Waals surface area contributed by atoms with Crippen LogP contribution in [0.5, 0.6) is 17.2 Å². The Balaban J connectivity index is 0.00000202. The highest BCUT2D eigenvalue weighted by Crippen LogP contribution is 2.47. The lowest BCUT2D eigenvalue weighted by Crippen LogP contribution is -2.01. The molecule has 0 aliphatic heterocycles. The summed E-state index contributed by atoms with van der Waals surface area (Å²) in [5.41, 5.74) is 1.53. The van der Waals surface area contributed by atoms with Gasteiger partial charge in [0.15, 0.2) is 17.2 Å². The third-order valence-electron chi connectivity index (χ3n) is 8.45. The summed E-state index contributed by atoms with van der Waals surface area (Å²) >= 11 is 0. The Kier molecular flexibility index (Phi) is 14.2. The fourth-order valence-corrected chi connectivity index (χ4v) is 8.10. The highest BCUT2D eigenvalue weighted by atomic mass is 32.2. The van der Waals surface area contributed by atoms with Crippen molar-refractivity contribution in [3.05, 3.63) is 89.0 Å². The zero-order valence-corrected chi connectivity index (χ0v) is 36.2. The number of nitrogens with zero attached hydrogens (tertiary/aromatic N) is 7. The van der Waals surface area contributed by atoms with Gasteiger partial charge < -0.3 is 20.7 Å². The molecule has 0 atom stereocenters. The fourth-order valence-electron chi connectivity index (χ4n) is 5.63. The van der Waals surface area contributed by atoms with Crippen LogP contribution in [0.4, 0.5) is 45.5 Å². The monoisotopic (exact) mass is 1030 g/mol. The minimum Gasteiger partial charge on any atom is -0.505 e. The van der Waals surface area contributed by atoms with Gasteiger partial charge in [-0.2, -0.15) is 38.8 Å². The van der Waals surface area contributed by atoms with E-state index in [-0.39, 0.29) is 33.7 Å². The minimum absolute atomic E-state index is 0.0756. The van der Waals surface area contributed by atoms with E-state index in [0.717, 1.165) is 60.7 Å². The number of benzene rings is 6. The maximum atomic E-state index is 12.5. The molecule has 0 radical (unpaired) electrons. The summed E-state index contributed by atoms with van der Waals surface area (Å²) in [6.45, 7) is -0.134. The average molecular weight is 1030 g/mol. The first kappa shape index (κ1) is 50.2. The van der Waals surface area contributed by atoms with Crippen LogP contribution in [-0.4, -0.2) is 86.1 Å². The van der Waals surface area contributed by atoms with Crippen LogP contribution in [0.3, 0.4) is 0 Å². The second kappa shape index (κ2) is 18.9. The van der Waals surface area contributed by atoms with Crippen molar-refractivity contribution in [3.63, 3.8) is 0 Å². The quantitative estimate of drug-likeness (QED) is 0.0183. The lowest BCUT2D eigenvalue weighted by Gasteiger charge is -2.12. The molecule has 0 fully saturated rings. The molecule has 0 unspecified atom stereocenters. The van der Waals surface area contributed by atoms with Crippen LogP contribution in [-0.2, 0) is 55.9 Å². The number of ether oxygens (including phenoxy) is 1. The Hall–Kier alpha value is -7.83. The molecule has 6 rings (SSSR count). The van der Waals surface area contributed by atoms with Gasteiger partial charge in [-0.15, -0.1) is 38.2 Å². The molecule has 350 valence electrons. The number of hydrogen-bond donors (Lipinski definition) is 7. The highest BCUT2D eigenvalue weighted by molar-refractivity contribution is 7.86. The molecule has 0 amide bonds. The van der Waals surface area contributed by atoms with Gasteiger partial charge in [0, 0.05) is 23.6 Å². The van der Waals surface area contributed by atoms with E-state index in [1.807, 2.05) is 0 Å². The first-order chi connectivity index (χ1) is 31.0. The van der Waals surface area contributed by atoms with E-state index < -0.39 is 133 Å². The van der Waals surface area contributed by atoms with Crippen LogP contribution in [0.2, 0.25) is 0 Å². The minimum atomic E-state index is -5.17. The summed E-state index contributed by atoms with van der Waals surface area (Å²) in [6.07, 6.45) is 0. The van der Waals surface area contributed by atoms with Gasteiger partial charge in [-0.05, 0) is 59.3 Å². The number of nitrogens with two attached hydrogens (primary N) is 1. The van der Waals surface area contributed by atoms with E-state index in [2.05, 4.69) is 35.4 Å². The van der Waals surface area contributed by atoms with Crippen molar-refractivity contribution in [2.24, 2.45) is 30.7 Å². The van der Waals surface area contributed by atoms with Crippen molar-refractivity contribution in [3.8, 4) is 17.2 Å². The molecule has 0 spiro atoms. The standard InChI is InChI=1S/C33H22N8O18S4.O3S/c34-29-28-16(2-6-23(33(28)44)38-37-22-7-4-18(41(45)46)12-25(22)61(50,51)52)10-26(62(53,54)55)30(29)39-35-17-3-1-15-9-27(63(56,57)58)31(32(43)20(15)11-17)40-36-21-8-5-19(60(47,48)49)13-24(21)59-14-42;1-4(2)3/h1-14,43-44H,34H2,(H,47,48,49)(H,50,51,52)(H,53,54,55)(H,56,57,58);. The van der Waals surface area contributed by atoms with E-state index in [4.69, 9.17) is 18.4 Å². The fraction of sp³-hybridized carbons (Fsp3) is 0. The Morgan fingerprint density at radius 2 is 1.12 bits per heavy atom. The van der Waals surface area contributed by atoms with Crippen molar-refractivity contribution in [2.45, 2.75) is 19.6 Å². The predicted octanol–water partition coefficient (Wildman–Crippen LogP) is 5.66. The van der Waals surface area contributed by atoms with E-state index in [1.165, 1.54) is 6.07 Å². The smallest absolute Gasteiger partial charge is 0.425 e. The molecule has 0 heterocycles. The Morgan fingerprint density at radius 3 is 1.70 bits per heavy atom. The van der Waals surface area contributed by atoms with Gasteiger partial charge in [-0.3, -0.25) is 33.1 Å². The molecule has 29 nitrogen and oxygen atoms in total. The van der Waals surface area contributed by atoms with Crippen molar-refractivity contribution in [1.29, 1.82) is 0 Å². The molecule has 0 aromatic heterocycles. The molecular formula is C33H22N8O21S5. The number of carbonyl (C=O) groups is 1. The summed E-state index contributed by atoms with van der Waals surface area (Å²) < 4.78 is 166. The van der Waals surface area contributed by atoms with Crippen molar-refractivity contribution in [1.82, 2.24) is 0 Å². The Bertz CT molecular complexity index is 3770. The normalized spacial score (nSPS) is 12.4. The van der Waals surface area contributed by atoms with E-state index in [1.54, 1.807) is 0 Å². The molecule has 0 bridgehead atoms. The molecule has 34 heteroatoms. The van der Waals surface area contributed by atoms with Crippen LogP contribution in [0.15, 0.2) is 129 Å². The van der Waals surface area contributed by atoms with E-state index in [0.29, 0.717) is 12.1 Å². The lowest BCUT2D eigenvalue weighted by atomic mass is 10.1. The number of phenolic OH excluding ortho intramolecular Hbond substituents is 2. The first-order valence-corrected chi connectivity index (χ1v) is 23.6. The van der Waals surface area contributed by atoms with Crippen LogP contribution in [0.1, 0.15) is 0 Å². The Morgan fingerprint density at radius 1 is 0.597 bits per heavy atom. The van der Waals surface area contributed by atoms with Gasteiger partial charge in [0.25, 0.3) is 52.6 Å². The van der Waals surface area contributed by atoms with Crippen LogP contribution >= 0.6 is 0 Å². The topological polar surface area (TPSA) is 479 Å². The number of hydrogen-bond acceptors (Lipinski definition) is 24. The Labute approximate surface area is 374 Å². The van der Waals surface area contributed by atoms with Gasteiger partial charge >= 0.3 is 10.6 Å². The van der Waals surface area contributed by atoms with Crippen LogP contribution in [0, 0.1) is 10.1 Å². The number of azo groups is 3. The largest absolute Gasteiger partial charge is 0.505 e. The number of anilines is 1. The molecule has 6 aromatic rings. The lowest BCUT2D eigenvalue weighted by molar-refractivity contribution is -0.385. The maximum Gasteiger partial charge on any atom is 0.425 e. The second-order valence-electron chi connectivity index (χ2n) is 12.6. The van der Waals surface area contributed by atoms with Gasteiger partial charge in [0.1, 0.15) is 43.1 Å². The number of aromatic hydroxyl groups is 2. The molecule has 0 aliphatic rings. The summed E-state index contributed by atoms with van der Waals surface area (Å²) in [7, 11) is -23.3. The van der Waals surface area contributed by atoms with Crippen molar-refractivity contribution >= 4 is 125 Å². The molecule has 0 saturated carbocycles. The number of phenols is 2. The van der Waals surface area contributed by atoms with Crippen molar-refractivity contribution in [2.75, 3.05) is 5.73 Å². The van der Waals surface area contributed by atoms with Gasteiger partial charge in [0.2, 0.25) is 0 Å². The average Bonchev–Trinajstić information content (AvgIpc) is 3.21. The summed E-state index contributed by atoms with van der Waals surface area (Å²) in [5.74, 6) is -2.38. The zero-order valence-electron chi connectivity index (χ0n) is 32.1. The predicted molar refractivity (Wildman–Crippen MR) is 223 cm³/mol. The zero-order chi connectivity index (χ0) is 50.0. The number of nitro groups is 1. The van der Waals surface area contributed by atoms with Gasteiger partial charge in [-0.1, -0.05) is 12.1 Å². The van der Waals surface area contributed by atoms with Gasteiger partial charge in [-0.25, -0.2) is 0 Å². The maximum absolute atomic E-state index is 12.5. The number of carbonyl (C=O) groups excluding carboxylic acids is 1. The summed E-state index contributed by atoms with van der Waals surface area (Å²) in [6, 6.07) is 11.9. The van der Waals surface area contributed by atoms with Crippen LogP contribution < -0.4 is 10.5 Å². The molecule has 6 aromatic carbocycles. The summed E-state index contributed by atoms with van der Waals surface area (Å²) in [4.78, 5) is 17.6. The molecule has 0 saturated heterocycles. The van der Waals surface area contributed by atoms with E-state index in [9.17, 15) is 77.0 Å². The number of nitro benzene ring substituents is 1. The third-order valence-corrected chi connectivity index (χ3v) is 11.9. The van der Waals surface area contributed by atoms with Crippen LogP contribution in [0.25, 0.3) is 21.5 Å².